The first-order valence-corrected chi connectivity index (χ1v) is 8.64. The van der Waals surface area contributed by atoms with Crippen molar-refractivity contribution in [2.45, 2.75) is 19.6 Å². The molecular weight excluding hydrogens is 318 g/mol. The third-order valence-electron chi connectivity index (χ3n) is 4.46. The largest absolute Gasteiger partial charge is 0.354 e. The van der Waals surface area contributed by atoms with E-state index in [1.807, 2.05) is 55.2 Å². The van der Waals surface area contributed by atoms with Crippen molar-refractivity contribution in [1.82, 2.24) is 34.7 Å². The summed E-state index contributed by atoms with van der Waals surface area (Å²) in [7, 11) is 5.93. The number of nitrogens with one attached hydrogen (secondary N) is 1. The number of hydrogen-bond acceptors (Lipinski definition) is 5. The molecule has 0 saturated carbocycles. The Kier molecular flexibility index (Phi) is 5.50. The first-order valence-electron chi connectivity index (χ1n) is 8.64. The Balaban J connectivity index is 1.69. The molecule has 8 heteroatoms. The third-order valence-corrected chi connectivity index (χ3v) is 4.46. The van der Waals surface area contributed by atoms with E-state index in [0.29, 0.717) is 19.6 Å². The van der Waals surface area contributed by atoms with Crippen molar-refractivity contribution in [3.8, 4) is 0 Å². The molecule has 0 aliphatic carbocycles. The van der Waals surface area contributed by atoms with Gasteiger partial charge in [0.25, 0.3) is 0 Å². The van der Waals surface area contributed by atoms with Crippen LogP contribution in [0, 0.1) is 5.92 Å². The Morgan fingerprint density at radius 2 is 2.20 bits per heavy atom. The van der Waals surface area contributed by atoms with Gasteiger partial charge in [0.15, 0.2) is 0 Å². The molecule has 1 aliphatic heterocycles. The average molecular weight is 345 g/mol. The predicted molar refractivity (Wildman–Crippen MR) is 94.6 cm³/mol. The summed E-state index contributed by atoms with van der Waals surface area (Å²) in [5.74, 6) is -0.0126. The van der Waals surface area contributed by atoms with Gasteiger partial charge in [0.05, 0.1) is 24.4 Å². The van der Waals surface area contributed by atoms with E-state index in [0.717, 1.165) is 30.9 Å². The van der Waals surface area contributed by atoms with Gasteiger partial charge in [0.2, 0.25) is 5.91 Å². The molecule has 2 aromatic heterocycles. The Morgan fingerprint density at radius 1 is 1.36 bits per heavy atom. The maximum atomic E-state index is 12.7. The number of fused-ring (bicyclic) bond motifs is 1. The molecule has 0 aromatic carbocycles. The summed E-state index contributed by atoms with van der Waals surface area (Å²) in [6, 6.07) is 2.03. The minimum absolute atomic E-state index is 0.0985. The van der Waals surface area contributed by atoms with Gasteiger partial charge < -0.3 is 10.2 Å². The second-order valence-electron chi connectivity index (χ2n) is 6.99. The lowest BCUT2D eigenvalue weighted by Gasteiger charge is -2.23. The number of nitrogens with zero attached hydrogens (tertiary/aromatic N) is 6. The van der Waals surface area contributed by atoms with Crippen LogP contribution in [-0.4, -0.2) is 69.0 Å². The van der Waals surface area contributed by atoms with Gasteiger partial charge in [0, 0.05) is 57.7 Å². The van der Waals surface area contributed by atoms with Crippen molar-refractivity contribution < 1.29 is 4.79 Å². The summed E-state index contributed by atoms with van der Waals surface area (Å²) in [4.78, 5) is 17.0. The van der Waals surface area contributed by atoms with Crippen molar-refractivity contribution in [2.75, 3.05) is 33.7 Å². The molecule has 8 nitrogen and oxygen atoms in total. The highest BCUT2D eigenvalue weighted by molar-refractivity contribution is 5.78. The average Bonchev–Trinajstić information content (AvgIpc) is 3.11. The van der Waals surface area contributed by atoms with E-state index >= 15 is 0 Å². The molecule has 2 aromatic rings. The lowest BCUT2D eigenvalue weighted by atomic mass is 10.1. The van der Waals surface area contributed by atoms with Gasteiger partial charge in [-0.2, -0.15) is 10.2 Å². The summed E-state index contributed by atoms with van der Waals surface area (Å²) in [6.45, 7) is 4.41. The number of carbonyl (C=O) groups is 1. The van der Waals surface area contributed by atoms with Crippen molar-refractivity contribution >= 4 is 5.91 Å². The fourth-order valence-electron chi connectivity index (χ4n) is 3.18. The normalized spacial score (nSPS) is 18.2. The lowest BCUT2D eigenvalue weighted by Crippen LogP contribution is -2.41. The van der Waals surface area contributed by atoms with Crippen LogP contribution in [0.25, 0.3) is 0 Å². The first-order chi connectivity index (χ1) is 12.0. The van der Waals surface area contributed by atoms with Crippen LogP contribution in [0.4, 0.5) is 0 Å². The Morgan fingerprint density at radius 3 is 2.92 bits per heavy atom. The molecular formula is C17H27N7O. The molecule has 0 unspecified atom stereocenters. The smallest absolute Gasteiger partial charge is 0.226 e. The van der Waals surface area contributed by atoms with E-state index in [1.165, 1.54) is 0 Å². The SMILES string of the molecule is CN(C)CCNC(=O)[C@H]1CN(Cc2cnn(C)c2)Cc2ccnn2C1. The molecule has 1 amide bonds. The summed E-state index contributed by atoms with van der Waals surface area (Å²) in [5, 5.41) is 11.7. The molecule has 3 rings (SSSR count). The van der Waals surface area contributed by atoms with Crippen LogP contribution in [0.15, 0.2) is 24.7 Å². The van der Waals surface area contributed by atoms with Crippen LogP contribution in [0.2, 0.25) is 0 Å². The number of likely N-dealkylation sites (N-methyl/N-ethyl adjacent to an activating group) is 1. The highest BCUT2D eigenvalue weighted by atomic mass is 16.1. The monoisotopic (exact) mass is 345 g/mol. The van der Waals surface area contributed by atoms with Gasteiger partial charge in [-0.1, -0.05) is 0 Å². The maximum Gasteiger partial charge on any atom is 0.226 e. The van der Waals surface area contributed by atoms with Crippen molar-refractivity contribution in [3.05, 3.63) is 35.9 Å². The minimum atomic E-state index is -0.111. The van der Waals surface area contributed by atoms with Crippen molar-refractivity contribution in [2.24, 2.45) is 13.0 Å². The summed E-state index contributed by atoms with van der Waals surface area (Å²) in [6.07, 6.45) is 5.71. The number of carbonyl (C=O) groups excluding carboxylic acids is 1. The zero-order valence-corrected chi connectivity index (χ0v) is 15.2. The zero-order chi connectivity index (χ0) is 17.8. The van der Waals surface area contributed by atoms with E-state index in [1.54, 1.807) is 0 Å². The molecule has 3 heterocycles. The highest BCUT2D eigenvalue weighted by Gasteiger charge is 2.27. The van der Waals surface area contributed by atoms with E-state index in [9.17, 15) is 4.79 Å². The van der Waals surface area contributed by atoms with E-state index < -0.39 is 0 Å². The molecule has 0 bridgehead atoms. The zero-order valence-electron chi connectivity index (χ0n) is 15.2. The van der Waals surface area contributed by atoms with E-state index in [4.69, 9.17) is 0 Å². The van der Waals surface area contributed by atoms with Crippen molar-refractivity contribution in [1.29, 1.82) is 0 Å². The molecule has 1 N–H and O–H groups in total. The molecule has 25 heavy (non-hydrogen) atoms. The molecule has 0 spiro atoms. The van der Waals surface area contributed by atoms with Crippen LogP contribution < -0.4 is 5.32 Å². The predicted octanol–water partition coefficient (Wildman–Crippen LogP) is -0.0736. The molecule has 0 radical (unpaired) electrons. The standard InChI is InChI=1S/C17H27N7O/c1-21(2)7-6-18-17(25)15-11-23(10-14-8-20-22(3)9-14)13-16-4-5-19-24(16)12-15/h4-5,8-9,15H,6-7,10-13H2,1-3H3,(H,18,25)/t15-/m0/s1. The van der Waals surface area contributed by atoms with Gasteiger partial charge in [-0.3, -0.25) is 19.1 Å². The fourth-order valence-corrected chi connectivity index (χ4v) is 3.18. The first kappa shape index (κ1) is 17.6. The molecule has 1 atom stereocenters. The van der Waals surface area contributed by atoms with Crippen LogP contribution in [0.1, 0.15) is 11.3 Å². The van der Waals surface area contributed by atoms with E-state index in [-0.39, 0.29) is 11.8 Å². The van der Waals surface area contributed by atoms with Gasteiger partial charge in [0.1, 0.15) is 0 Å². The second kappa shape index (κ2) is 7.79. The van der Waals surface area contributed by atoms with Crippen LogP contribution in [-0.2, 0) is 31.5 Å². The number of aromatic nitrogens is 4. The quantitative estimate of drug-likeness (QED) is 0.793. The molecule has 0 fully saturated rings. The number of rotatable bonds is 6. The fraction of sp³-hybridized carbons (Fsp3) is 0.588. The van der Waals surface area contributed by atoms with Crippen LogP contribution in [0.3, 0.4) is 0 Å². The minimum Gasteiger partial charge on any atom is -0.354 e. The summed E-state index contributed by atoms with van der Waals surface area (Å²) < 4.78 is 3.77. The second-order valence-corrected chi connectivity index (χ2v) is 6.99. The van der Waals surface area contributed by atoms with E-state index in [2.05, 4.69) is 25.3 Å². The number of hydrogen-bond donors (Lipinski definition) is 1. The Labute approximate surface area is 148 Å². The third kappa shape index (κ3) is 4.67. The maximum absolute atomic E-state index is 12.7. The van der Waals surface area contributed by atoms with Crippen LogP contribution in [0.5, 0.6) is 0 Å². The van der Waals surface area contributed by atoms with Gasteiger partial charge >= 0.3 is 0 Å². The van der Waals surface area contributed by atoms with Crippen molar-refractivity contribution in [3.63, 3.8) is 0 Å². The molecule has 0 saturated heterocycles. The number of aryl methyl sites for hydroxylation is 1. The lowest BCUT2D eigenvalue weighted by molar-refractivity contribution is -0.126. The highest BCUT2D eigenvalue weighted by Crippen LogP contribution is 2.18. The van der Waals surface area contributed by atoms with Gasteiger partial charge in [-0.25, -0.2) is 0 Å². The number of amides is 1. The topological polar surface area (TPSA) is 71.2 Å². The molecule has 1 aliphatic rings. The van der Waals surface area contributed by atoms with Gasteiger partial charge in [-0.15, -0.1) is 0 Å². The summed E-state index contributed by atoms with van der Waals surface area (Å²) >= 11 is 0. The van der Waals surface area contributed by atoms with Crippen LogP contribution >= 0.6 is 0 Å². The Bertz CT molecular complexity index is 705. The molecule has 136 valence electrons. The Hall–Kier alpha value is -2.19. The summed E-state index contributed by atoms with van der Waals surface area (Å²) in [5.41, 5.74) is 2.30. The van der Waals surface area contributed by atoms with Gasteiger partial charge in [-0.05, 0) is 20.2 Å².